The predicted molar refractivity (Wildman–Crippen MR) is 52.0 cm³/mol. The highest BCUT2D eigenvalue weighted by Gasteiger charge is 2.11. The van der Waals surface area contributed by atoms with Crippen molar-refractivity contribution in [3.63, 3.8) is 0 Å². The summed E-state index contributed by atoms with van der Waals surface area (Å²) in [5.41, 5.74) is 6.40. The van der Waals surface area contributed by atoms with Crippen molar-refractivity contribution in [2.45, 2.75) is 40.0 Å². The molecule has 1 radical (unpaired) electrons. The van der Waals surface area contributed by atoms with Crippen LogP contribution in [0.15, 0.2) is 16.9 Å². The molecular formula is C10H17N2. The van der Waals surface area contributed by atoms with Crippen molar-refractivity contribution in [1.29, 1.82) is 0 Å². The van der Waals surface area contributed by atoms with E-state index in [9.17, 15) is 0 Å². The first kappa shape index (κ1) is 9.30. The quantitative estimate of drug-likeness (QED) is 0.612. The average Bonchev–Trinajstić information content (AvgIpc) is 2.48. The van der Waals surface area contributed by atoms with Gasteiger partial charge in [-0.25, -0.2) is 0 Å². The van der Waals surface area contributed by atoms with E-state index in [4.69, 9.17) is 0 Å². The molecule has 1 aliphatic rings. The normalized spacial score (nSPS) is 16.0. The van der Waals surface area contributed by atoms with E-state index in [1.807, 2.05) is 0 Å². The summed E-state index contributed by atoms with van der Waals surface area (Å²) in [6.45, 7) is 6.49. The largest absolute Gasteiger partial charge is 0.155 e. The van der Waals surface area contributed by atoms with Gasteiger partial charge in [0.05, 0.1) is 11.4 Å². The van der Waals surface area contributed by atoms with E-state index in [-0.39, 0.29) is 0 Å². The molecule has 0 N–H and O–H groups in total. The van der Waals surface area contributed by atoms with Crippen LogP contribution in [-0.2, 0) is 0 Å². The third-order valence-electron chi connectivity index (χ3n) is 1.99. The minimum Gasteiger partial charge on any atom is -0.155 e. The Hall–Kier alpha value is -0.790. The molecule has 0 bridgehead atoms. The first-order valence-corrected chi connectivity index (χ1v) is 4.73. The minimum absolute atomic E-state index is 0.507. The van der Waals surface area contributed by atoms with E-state index >= 15 is 0 Å². The first-order valence-electron chi connectivity index (χ1n) is 4.73. The van der Waals surface area contributed by atoms with Gasteiger partial charge < -0.3 is 0 Å². The molecule has 0 spiro atoms. The Kier molecular flexibility index (Phi) is 3.32. The molecule has 0 saturated carbocycles. The topological polar surface area (TPSA) is 26.5 Å². The summed E-state index contributed by atoms with van der Waals surface area (Å²) in [5, 5.41) is 4.12. The summed E-state index contributed by atoms with van der Waals surface area (Å²) in [6.07, 6.45) is 5.65. The summed E-state index contributed by atoms with van der Waals surface area (Å²) in [5.74, 6) is 0.507. The highest BCUT2D eigenvalue weighted by molar-refractivity contribution is 5.96. The lowest BCUT2D eigenvalue weighted by Crippen LogP contribution is -1.99. The zero-order valence-corrected chi connectivity index (χ0v) is 8.17. The number of nitrogens with zero attached hydrogens (tertiary/aromatic N) is 2. The fourth-order valence-electron chi connectivity index (χ4n) is 1.11. The van der Waals surface area contributed by atoms with Gasteiger partial charge in [0.1, 0.15) is 0 Å². The lowest BCUT2D eigenvalue weighted by molar-refractivity contribution is 0.678. The zero-order chi connectivity index (χ0) is 8.97. The van der Waals surface area contributed by atoms with E-state index in [0.717, 1.165) is 17.8 Å². The van der Waals surface area contributed by atoms with Crippen molar-refractivity contribution in [1.82, 2.24) is 5.43 Å². The molecule has 0 saturated heterocycles. The number of unbranched alkanes of at least 4 members (excludes halogenated alkanes) is 1. The molecule has 12 heavy (non-hydrogen) atoms. The van der Waals surface area contributed by atoms with Crippen LogP contribution >= 0.6 is 0 Å². The summed E-state index contributed by atoms with van der Waals surface area (Å²) >= 11 is 0. The van der Waals surface area contributed by atoms with Crippen LogP contribution in [0.2, 0.25) is 0 Å². The van der Waals surface area contributed by atoms with Crippen LogP contribution in [0.25, 0.3) is 0 Å². The third kappa shape index (κ3) is 2.36. The standard InChI is InChI=1S/C10H17N2/c1-4-5-6-9-7-10(8(2)3)12-11-9/h7-8H,4-6H2,1-3H3. The Morgan fingerprint density at radius 2 is 2.17 bits per heavy atom. The van der Waals surface area contributed by atoms with Crippen LogP contribution in [0.4, 0.5) is 0 Å². The van der Waals surface area contributed by atoms with E-state index in [1.54, 1.807) is 0 Å². The maximum Gasteiger partial charge on any atom is 0.0674 e. The highest BCUT2D eigenvalue weighted by atomic mass is 15.3. The molecule has 0 aromatic heterocycles. The molecule has 0 unspecified atom stereocenters. The molecule has 0 amide bonds. The monoisotopic (exact) mass is 165 g/mol. The Labute approximate surface area is 74.7 Å². The maximum atomic E-state index is 4.12. The average molecular weight is 165 g/mol. The van der Waals surface area contributed by atoms with E-state index < -0.39 is 0 Å². The highest BCUT2D eigenvalue weighted by Crippen LogP contribution is 2.14. The molecule has 1 aliphatic heterocycles. The second-order valence-electron chi connectivity index (χ2n) is 3.52. The molecule has 1 heterocycles. The van der Waals surface area contributed by atoms with Gasteiger partial charge in [0.15, 0.2) is 0 Å². The van der Waals surface area contributed by atoms with Crippen molar-refractivity contribution in [2.24, 2.45) is 11.0 Å². The van der Waals surface area contributed by atoms with Gasteiger partial charge in [-0.15, -0.1) is 0 Å². The fourth-order valence-corrected chi connectivity index (χ4v) is 1.11. The molecule has 0 atom stereocenters. The van der Waals surface area contributed by atoms with E-state index in [0.29, 0.717) is 5.92 Å². The third-order valence-corrected chi connectivity index (χ3v) is 1.99. The lowest BCUT2D eigenvalue weighted by atomic mass is 10.1. The van der Waals surface area contributed by atoms with Gasteiger partial charge >= 0.3 is 0 Å². The van der Waals surface area contributed by atoms with Crippen molar-refractivity contribution >= 4 is 5.71 Å². The number of rotatable bonds is 4. The predicted octanol–water partition coefficient (Wildman–Crippen LogP) is 2.69. The first-order chi connectivity index (χ1) is 5.74. The zero-order valence-electron chi connectivity index (χ0n) is 8.17. The number of hydrogen-bond donors (Lipinski definition) is 0. The van der Waals surface area contributed by atoms with Gasteiger partial charge in [-0.05, 0) is 24.8 Å². The maximum absolute atomic E-state index is 4.12. The Morgan fingerprint density at radius 3 is 2.67 bits per heavy atom. The molecule has 2 nitrogen and oxygen atoms in total. The van der Waals surface area contributed by atoms with Crippen molar-refractivity contribution in [2.75, 3.05) is 0 Å². The van der Waals surface area contributed by atoms with Crippen LogP contribution in [-0.4, -0.2) is 5.71 Å². The molecule has 0 aliphatic carbocycles. The van der Waals surface area contributed by atoms with Crippen molar-refractivity contribution in [3.05, 3.63) is 11.8 Å². The van der Waals surface area contributed by atoms with Crippen LogP contribution in [0.1, 0.15) is 40.0 Å². The number of allylic oxidation sites excluding steroid dienone is 2. The molecule has 1 rings (SSSR count). The van der Waals surface area contributed by atoms with Gasteiger partial charge in [0, 0.05) is 0 Å². The molecular weight excluding hydrogens is 148 g/mol. The van der Waals surface area contributed by atoms with Crippen molar-refractivity contribution in [3.8, 4) is 0 Å². The smallest absolute Gasteiger partial charge is 0.0674 e. The van der Waals surface area contributed by atoms with E-state index in [2.05, 4.69) is 37.4 Å². The summed E-state index contributed by atoms with van der Waals surface area (Å²) in [4.78, 5) is 0. The van der Waals surface area contributed by atoms with Crippen LogP contribution < -0.4 is 5.43 Å². The SMILES string of the molecule is CCCCC1=N[N]C(C(C)C)=C1. The molecule has 0 fully saturated rings. The second-order valence-corrected chi connectivity index (χ2v) is 3.52. The van der Waals surface area contributed by atoms with Gasteiger partial charge in [-0.2, -0.15) is 10.5 Å². The molecule has 67 valence electrons. The van der Waals surface area contributed by atoms with Gasteiger partial charge in [0.25, 0.3) is 0 Å². The Morgan fingerprint density at radius 1 is 1.42 bits per heavy atom. The second kappa shape index (κ2) is 4.29. The Bertz CT molecular complexity index is 202. The summed E-state index contributed by atoms with van der Waals surface area (Å²) < 4.78 is 0. The van der Waals surface area contributed by atoms with Crippen LogP contribution in [0.3, 0.4) is 0 Å². The molecule has 0 aromatic rings. The minimum atomic E-state index is 0.507. The summed E-state index contributed by atoms with van der Waals surface area (Å²) in [7, 11) is 0. The van der Waals surface area contributed by atoms with E-state index in [1.165, 1.54) is 12.8 Å². The van der Waals surface area contributed by atoms with Gasteiger partial charge in [0.2, 0.25) is 0 Å². The van der Waals surface area contributed by atoms with Crippen LogP contribution in [0, 0.1) is 5.92 Å². The van der Waals surface area contributed by atoms with Crippen LogP contribution in [0.5, 0.6) is 0 Å². The summed E-state index contributed by atoms with van der Waals surface area (Å²) in [6, 6.07) is 0. The lowest BCUT2D eigenvalue weighted by Gasteiger charge is -2.00. The fraction of sp³-hybridized carbons (Fsp3) is 0.700. The van der Waals surface area contributed by atoms with Gasteiger partial charge in [-0.3, -0.25) is 0 Å². The van der Waals surface area contributed by atoms with Gasteiger partial charge in [-0.1, -0.05) is 27.2 Å². The Balaban J connectivity index is 2.39. The van der Waals surface area contributed by atoms with Crippen molar-refractivity contribution < 1.29 is 0 Å². The molecule has 0 aromatic carbocycles. The molecule has 2 heteroatoms. The number of hydrogen-bond acceptors (Lipinski definition) is 1.